The lowest BCUT2D eigenvalue weighted by Gasteiger charge is -2.59. The summed E-state index contributed by atoms with van der Waals surface area (Å²) in [5.74, 6) is -2.74. The van der Waals surface area contributed by atoms with Crippen LogP contribution in [0.15, 0.2) is 54.3 Å². The van der Waals surface area contributed by atoms with Crippen molar-refractivity contribution >= 4 is 40.3 Å². The number of benzene rings is 1. The third-order valence-electron chi connectivity index (χ3n) is 11.9. The van der Waals surface area contributed by atoms with Gasteiger partial charge in [-0.3, -0.25) is 19.2 Å². The summed E-state index contributed by atoms with van der Waals surface area (Å²) < 4.78 is 10.1. The van der Waals surface area contributed by atoms with Crippen molar-refractivity contribution < 1.29 is 43.7 Å². The van der Waals surface area contributed by atoms with Crippen LogP contribution in [0, 0.1) is 28.6 Å². The van der Waals surface area contributed by atoms with E-state index in [1.807, 2.05) is 37.3 Å². The van der Waals surface area contributed by atoms with E-state index in [-0.39, 0.29) is 55.6 Å². The van der Waals surface area contributed by atoms with Crippen LogP contribution < -0.4 is 5.32 Å². The number of allylic oxidation sites excluding steroid dienone is 4. The fourth-order valence-corrected chi connectivity index (χ4v) is 9.46. The van der Waals surface area contributed by atoms with Gasteiger partial charge in [0.15, 0.2) is 12.4 Å². The van der Waals surface area contributed by atoms with Crippen LogP contribution in [0.5, 0.6) is 0 Å². The second-order valence-corrected chi connectivity index (χ2v) is 14.4. The van der Waals surface area contributed by atoms with E-state index in [1.165, 1.54) is 7.11 Å². The van der Waals surface area contributed by atoms with Gasteiger partial charge in [0.05, 0.1) is 19.6 Å². The van der Waals surface area contributed by atoms with Gasteiger partial charge in [0.25, 0.3) is 0 Å². The number of para-hydroxylation sites is 1. The summed E-state index contributed by atoms with van der Waals surface area (Å²) in [7, 11) is 1.23. The standard InChI is InChI=1S/C37H44N2O9/c1-35-14-12-23(40)17-22(35)8-9-25-26-13-15-37(46,36(26,2)18-29(41)33(25)35)30(42)20-48-32(44)11-10-31(43)39-28(34(45)47-3)16-21-19-38-27-7-5-4-6-24(21)27/h4-7,12,14,17,19,25-26,28-29,33,38,41,46H,8-11,13,15-16,18,20H2,1-3H3,(H,39,43)/t25-,26-,28?,29-,33+,35-,36-,37-/m0/s1. The number of hydrogen-bond acceptors (Lipinski definition) is 9. The molecule has 2 aromatic rings. The van der Waals surface area contributed by atoms with E-state index in [4.69, 9.17) is 9.47 Å². The molecule has 48 heavy (non-hydrogen) atoms. The van der Waals surface area contributed by atoms with Gasteiger partial charge in [-0.1, -0.05) is 43.7 Å². The highest BCUT2D eigenvalue weighted by molar-refractivity contribution is 6.01. The van der Waals surface area contributed by atoms with E-state index in [0.717, 1.165) is 28.5 Å². The predicted octanol–water partition coefficient (Wildman–Crippen LogP) is 3.27. The minimum Gasteiger partial charge on any atom is -0.467 e. The molecule has 4 aliphatic carbocycles. The number of aromatic amines is 1. The fraction of sp³-hybridized carbons (Fsp3) is 0.541. The minimum absolute atomic E-state index is 0.0318. The Bertz CT molecular complexity index is 1710. The molecular formula is C37H44N2O9. The largest absolute Gasteiger partial charge is 0.467 e. The number of carbonyl (C=O) groups is 5. The van der Waals surface area contributed by atoms with E-state index in [2.05, 4.69) is 17.2 Å². The topological polar surface area (TPSA) is 172 Å². The van der Waals surface area contributed by atoms with Gasteiger partial charge in [-0.05, 0) is 67.7 Å². The molecule has 1 unspecified atom stereocenters. The van der Waals surface area contributed by atoms with Gasteiger partial charge < -0.3 is 30.0 Å². The number of rotatable bonds is 10. The van der Waals surface area contributed by atoms with Crippen molar-refractivity contribution in [3.05, 3.63) is 59.8 Å². The number of amides is 1. The highest BCUT2D eigenvalue weighted by Crippen LogP contribution is 2.67. The van der Waals surface area contributed by atoms with Crippen molar-refractivity contribution in [1.82, 2.24) is 10.3 Å². The summed E-state index contributed by atoms with van der Waals surface area (Å²) in [5, 5.41) is 27.0. The number of ether oxygens (including phenoxy) is 2. The van der Waals surface area contributed by atoms with Gasteiger partial charge in [-0.15, -0.1) is 0 Å². The quantitative estimate of drug-likeness (QED) is 0.279. The summed E-state index contributed by atoms with van der Waals surface area (Å²) in [6, 6.07) is 6.61. The number of aromatic nitrogens is 1. The maximum atomic E-state index is 13.6. The number of hydrogen-bond donors (Lipinski definition) is 4. The number of methoxy groups -OCH3 is 1. The second kappa shape index (κ2) is 12.7. The average Bonchev–Trinajstić information content (AvgIpc) is 3.59. The lowest BCUT2D eigenvalue weighted by molar-refractivity contribution is -0.181. The molecule has 8 atom stereocenters. The molecule has 4 N–H and O–H groups in total. The van der Waals surface area contributed by atoms with Crippen LogP contribution >= 0.6 is 0 Å². The zero-order valence-electron chi connectivity index (χ0n) is 27.6. The van der Waals surface area contributed by atoms with E-state index in [0.29, 0.717) is 12.8 Å². The predicted molar refractivity (Wildman–Crippen MR) is 174 cm³/mol. The minimum atomic E-state index is -1.78. The van der Waals surface area contributed by atoms with Gasteiger partial charge in [0, 0.05) is 46.7 Å². The van der Waals surface area contributed by atoms with Crippen molar-refractivity contribution in [2.45, 2.75) is 83.0 Å². The first-order valence-corrected chi connectivity index (χ1v) is 16.8. The van der Waals surface area contributed by atoms with Gasteiger partial charge in [-0.2, -0.15) is 0 Å². The maximum absolute atomic E-state index is 13.6. The third-order valence-corrected chi connectivity index (χ3v) is 11.9. The Labute approximate surface area is 279 Å². The molecular weight excluding hydrogens is 616 g/mol. The first-order chi connectivity index (χ1) is 22.8. The van der Waals surface area contributed by atoms with Crippen molar-refractivity contribution in [3.63, 3.8) is 0 Å². The first kappa shape index (κ1) is 33.8. The van der Waals surface area contributed by atoms with Crippen LogP contribution in [0.3, 0.4) is 0 Å². The van der Waals surface area contributed by atoms with Gasteiger partial charge in [0.2, 0.25) is 11.7 Å². The molecule has 0 radical (unpaired) electrons. The summed E-state index contributed by atoms with van der Waals surface area (Å²) in [5.41, 5.74) is -0.424. The Morgan fingerprint density at radius 2 is 1.90 bits per heavy atom. The molecule has 3 fully saturated rings. The summed E-state index contributed by atoms with van der Waals surface area (Å²) in [6.45, 7) is 3.27. The average molecular weight is 661 g/mol. The van der Waals surface area contributed by atoms with Gasteiger partial charge >= 0.3 is 11.9 Å². The van der Waals surface area contributed by atoms with E-state index >= 15 is 0 Å². The van der Waals surface area contributed by atoms with Crippen LogP contribution in [-0.4, -0.2) is 76.1 Å². The summed E-state index contributed by atoms with van der Waals surface area (Å²) in [4.78, 5) is 66.6. The van der Waals surface area contributed by atoms with Crippen LogP contribution in [0.1, 0.15) is 64.4 Å². The molecule has 11 nitrogen and oxygen atoms in total. The lowest BCUT2D eigenvalue weighted by Crippen LogP contribution is -2.61. The number of fused-ring (bicyclic) bond motifs is 6. The van der Waals surface area contributed by atoms with Crippen LogP contribution in [0.25, 0.3) is 10.9 Å². The zero-order chi connectivity index (χ0) is 34.4. The zero-order valence-corrected chi connectivity index (χ0v) is 27.6. The molecule has 0 spiro atoms. The SMILES string of the molecule is COC(=O)C(Cc1c[nH]c2ccccc12)NC(=O)CCC(=O)OCC(=O)[C@@]1(O)CC[C@H]2[C@@H]3CCC4=CC(=O)C=C[C@]4(C)[C@H]3[C@@H](O)C[C@@]21C. The van der Waals surface area contributed by atoms with E-state index in [9.17, 15) is 34.2 Å². The molecule has 1 heterocycles. The molecule has 1 aromatic carbocycles. The molecule has 0 bridgehead atoms. The van der Waals surface area contributed by atoms with Crippen LogP contribution in [0.2, 0.25) is 0 Å². The molecule has 0 aliphatic heterocycles. The van der Waals surface area contributed by atoms with Crippen molar-refractivity contribution in [2.24, 2.45) is 28.6 Å². The first-order valence-electron chi connectivity index (χ1n) is 16.8. The van der Waals surface area contributed by atoms with E-state index < -0.39 is 58.8 Å². The lowest BCUT2D eigenvalue weighted by atomic mass is 9.46. The Morgan fingerprint density at radius 3 is 2.67 bits per heavy atom. The van der Waals surface area contributed by atoms with Crippen molar-refractivity contribution in [1.29, 1.82) is 0 Å². The third kappa shape index (κ3) is 5.70. The van der Waals surface area contributed by atoms with Gasteiger partial charge in [-0.25, -0.2) is 4.79 Å². The van der Waals surface area contributed by atoms with Crippen LogP contribution in [0.4, 0.5) is 0 Å². The highest BCUT2D eigenvalue weighted by Gasteiger charge is 2.68. The normalized spacial score (nSPS) is 32.8. The Morgan fingerprint density at radius 1 is 1.12 bits per heavy atom. The molecule has 4 aliphatic rings. The van der Waals surface area contributed by atoms with Crippen molar-refractivity contribution in [3.8, 4) is 0 Å². The number of carbonyl (C=O) groups excluding carboxylic acids is 5. The molecule has 3 saturated carbocycles. The highest BCUT2D eigenvalue weighted by atomic mass is 16.5. The number of aliphatic hydroxyl groups is 2. The molecule has 256 valence electrons. The number of esters is 2. The van der Waals surface area contributed by atoms with Gasteiger partial charge in [0.1, 0.15) is 11.6 Å². The second-order valence-electron chi connectivity index (χ2n) is 14.4. The number of nitrogens with one attached hydrogen (secondary N) is 2. The number of ketones is 2. The van der Waals surface area contributed by atoms with E-state index in [1.54, 1.807) is 18.3 Å². The maximum Gasteiger partial charge on any atom is 0.328 e. The molecule has 1 aromatic heterocycles. The molecule has 6 rings (SSSR count). The monoisotopic (exact) mass is 660 g/mol. The number of H-pyrrole nitrogens is 1. The number of aliphatic hydroxyl groups excluding tert-OH is 1. The summed E-state index contributed by atoms with van der Waals surface area (Å²) in [6.07, 6.45) is 8.20. The smallest absolute Gasteiger partial charge is 0.328 e. The molecule has 1 amide bonds. The Kier molecular flexibility index (Phi) is 8.97. The fourth-order valence-electron chi connectivity index (χ4n) is 9.46. The van der Waals surface area contributed by atoms with Crippen LogP contribution in [-0.2, 0) is 39.9 Å². The van der Waals surface area contributed by atoms with Crippen molar-refractivity contribution in [2.75, 3.05) is 13.7 Å². The molecule has 0 saturated heterocycles. The Balaban J connectivity index is 1.04. The number of Topliss-reactive ketones (excluding diaryl/α,β-unsaturated/α-hetero) is 1. The Hall–Kier alpha value is -4.09. The molecule has 11 heteroatoms. The summed E-state index contributed by atoms with van der Waals surface area (Å²) >= 11 is 0.